The predicted molar refractivity (Wildman–Crippen MR) is 141 cm³/mol. The first-order chi connectivity index (χ1) is 24.5. The van der Waals surface area contributed by atoms with Crippen molar-refractivity contribution in [2.75, 3.05) is 52.4 Å². The molecule has 1 unspecified atom stereocenters. The third-order valence-electron chi connectivity index (χ3n) is 7.19. The normalized spacial score (nSPS) is 15.7. The summed E-state index contributed by atoms with van der Waals surface area (Å²) < 4.78 is 329. The highest BCUT2D eigenvalue weighted by molar-refractivity contribution is 7.99. The van der Waals surface area contributed by atoms with Gasteiger partial charge in [0.2, 0.25) is 0 Å². The summed E-state index contributed by atoms with van der Waals surface area (Å²) in [4.78, 5) is 24.6. The zero-order valence-corrected chi connectivity index (χ0v) is 28.8. The van der Waals surface area contributed by atoms with Gasteiger partial charge in [0.25, 0.3) is 0 Å². The fraction of sp³-hybridized carbons (Fsp3) is 0.923. The van der Waals surface area contributed by atoms with Gasteiger partial charge in [-0.15, -0.1) is 0 Å². The second-order valence-corrected chi connectivity index (χ2v) is 13.7. The predicted octanol–water partition coefficient (Wildman–Crippen LogP) is 9.18. The second-order valence-electron chi connectivity index (χ2n) is 12.6. The van der Waals surface area contributed by atoms with E-state index >= 15 is 0 Å². The van der Waals surface area contributed by atoms with Crippen LogP contribution in [0.1, 0.15) is 19.3 Å². The molecule has 56 heavy (non-hydrogen) atoms. The van der Waals surface area contributed by atoms with E-state index in [1.165, 1.54) is 0 Å². The van der Waals surface area contributed by atoms with Gasteiger partial charge < -0.3 is 14.0 Å². The minimum absolute atomic E-state index is 0.00389. The Morgan fingerprint density at radius 1 is 0.536 bits per heavy atom. The zero-order chi connectivity index (χ0) is 45.2. The Morgan fingerprint density at radius 2 is 0.875 bits per heavy atom. The molecule has 0 heterocycles. The van der Waals surface area contributed by atoms with Gasteiger partial charge in [-0.1, -0.05) is 0 Å². The van der Waals surface area contributed by atoms with Gasteiger partial charge in [-0.3, -0.25) is 9.59 Å². The average Bonchev–Trinajstić information content (AvgIpc) is 3.00. The van der Waals surface area contributed by atoms with Crippen molar-refractivity contribution in [1.82, 2.24) is 0 Å². The third kappa shape index (κ3) is 10.6. The van der Waals surface area contributed by atoms with Crippen molar-refractivity contribution in [3.05, 3.63) is 0 Å². The summed E-state index contributed by atoms with van der Waals surface area (Å²) in [7, 11) is 4.77. The van der Waals surface area contributed by atoms with Crippen LogP contribution in [0, 0.1) is 5.92 Å². The van der Waals surface area contributed by atoms with Crippen molar-refractivity contribution in [2.24, 2.45) is 5.92 Å². The van der Waals surface area contributed by atoms with E-state index in [-0.39, 0.29) is 16.8 Å². The van der Waals surface area contributed by atoms with Gasteiger partial charge in [-0.2, -0.15) is 99.6 Å². The topological polar surface area (TPSA) is 52.6 Å². The lowest BCUT2D eigenvalue weighted by Gasteiger charge is -2.39. The number of carbonyl (C=O) groups is 2. The van der Waals surface area contributed by atoms with Crippen LogP contribution >= 0.6 is 11.8 Å². The summed E-state index contributed by atoms with van der Waals surface area (Å²) >= 11 is 0.657. The van der Waals surface area contributed by atoms with E-state index in [2.05, 4.69) is 9.47 Å². The Kier molecular flexibility index (Phi) is 16.7. The summed E-state index contributed by atoms with van der Waals surface area (Å²) in [6.45, 7) is -4.25. The Bertz CT molecular complexity index is 1320. The van der Waals surface area contributed by atoms with Gasteiger partial charge in [-0.05, 0) is 0 Å². The molecule has 30 heteroatoms. The first-order valence-electron chi connectivity index (χ1n) is 14.5. The molecular formula is C26H28F24NO4S+. The Balaban J connectivity index is 6.00. The highest BCUT2D eigenvalue weighted by Crippen LogP contribution is 2.60. The smallest absolute Gasteiger partial charge is 0.384 e. The summed E-state index contributed by atoms with van der Waals surface area (Å²) in [6.07, 6.45) is -19.0. The number of nitrogens with zero attached hydrogens (tertiary/aromatic N) is 1. The summed E-state index contributed by atoms with van der Waals surface area (Å²) in [6, 6.07) is 0. The Labute approximate surface area is 302 Å². The van der Waals surface area contributed by atoms with E-state index < -0.39 is 128 Å². The van der Waals surface area contributed by atoms with Crippen LogP contribution in [0.3, 0.4) is 0 Å². The molecule has 5 nitrogen and oxygen atoms in total. The molecule has 334 valence electrons. The van der Waals surface area contributed by atoms with E-state index in [9.17, 15) is 115 Å². The number of halogens is 24. The fourth-order valence-corrected chi connectivity index (χ4v) is 4.97. The first-order valence-corrected chi connectivity index (χ1v) is 15.7. The van der Waals surface area contributed by atoms with Gasteiger partial charge in [-0.25, -0.2) is 17.6 Å². The maximum atomic E-state index is 14.1. The van der Waals surface area contributed by atoms with Crippen LogP contribution in [0.25, 0.3) is 0 Å². The molecule has 0 radical (unpaired) electrons. The minimum atomic E-state index is -7.92. The number of thioether (sulfide) groups is 1. The van der Waals surface area contributed by atoms with Gasteiger partial charge in [0.15, 0.2) is 0 Å². The monoisotopic (exact) mass is 906 g/mol. The molecular weight excluding hydrogens is 878 g/mol. The lowest BCUT2D eigenvalue weighted by atomic mass is 9.93. The summed E-state index contributed by atoms with van der Waals surface area (Å²) in [5.74, 6) is -81.3. The molecule has 0 saturated carbocycles. The van der Waals surface area contributed by atoms with E-state index in [4.69, 9.17) is 0 Å². The highest BCUT2D eigenvalue weighted by Gasteiger charge is 2.89. The van der Waals surface area contributed by atoms with Crippen LogP contribution in [0.2, 0.25) is 0 Å². The number of rotatable bonds is 24. The van der Waals surface area contributed by atoms with Crippen LogP contribution in [-0.2, 0) is 19.1 Å². The number of hydrogen-bond acceptors (Lipinski definition) is 5. The van der Waals surface area contributed by atoms with Crippen LogP contribution < -0.4 is 0 Å². The van der Waals surface area contributed by atoms with Gasteiger partial charge in [0, 0.05) is 11.5 Å². The van der Waals surface area contributed by atoms with Gasteiger partial charge in [0.05, 0.1) is 66.1 Å². The molecule has 0 bridgehead atoms. The van der Waals surface area contributed by atoms with E-state index in [0.717, 1.165) is 0 Å². The van der Waals surface area contributed by atoms with Gasteiger partial charge >= 0.3 is 84.0 Å². The SMILES string of the molecule is C[N+](C)(C)CCSCC(CC(=O)OCCC(F)(F)C(F)(F)C(F)(F)C(F)(F)C(F)(F)C(F)F)C(=O)OCCC(F)(F)C(F)(F)C(F)(F)C(F)(F)C(F)(F)C(F)F. The minimum Gasteiger partial charge on any atom is -0.465 e. The number of alkyl halides is 24. The number of carbonyl (C=O) groups excluding carboxylic acids is 2. The molecule has 0 aliphatic heterocycles. The lowest BCUT2D eigenvalue weighted by molar-refractivity contribution is -0.867. The largest absolute Gasteiger partial charge is 0.465 e. The van der Waals surface area contributed by atoms with Crippen LogP contribution in [-0.4, -0.2) is 141 Å². The Hall–Kier alpha value is -2.43. The number of hydrogen-bond donors (Lipinski definition) is 0. The van der Waals surface area contributed by atoms with Crippen molar-refractivity contribution in [2.45, 2.75) is 91.3 Å². The molecule has 0 rings (SSSR count). The molecule has 0 spiro atoms. The van der Waals surface area contributed by atoms with E-state index in [1.54, 1.807) is 21.1 Å². The molecule has 1 atom stereocenters. The quantitative estimate of drug-likeness (QED) is 0.0419. The van der Waals surface area contributed by atoms with Crippen LogP contribution in [0.5, 0.6) is 0 Å². The first kappa shape index (κ1) is 53.6. The lowest BCUT2D eigenvalue weighted by Crippen LogP contribution is -2.68. The van der Waals surface area contributed by atoms with E-state index in [1.807, 2.05) is 0 Å². The molecule has 0 aliphatic carbocycles. The summed E-state index contributed by atoms with van der Waals surface area (Å²) in [5.41, 5.74) is 0. The molecule has 0 amide bonds. The average molecular weight is 907 g/mol. The molecule has 0 aliphatic rings. The molecule has 0 saturated heterocycles. The zero-order valence-electron chi connectivity index (χ0n) is 27.9. The van der Waals surface area contributed by atoms with Crippen molar-refractivity contribution in [3.63, 3.8) is 0 Å². The highest BCUT2D eigenvalue weighted by atomic mass is 32.2. The van der Waals surface area contributed by atoms with E-state index in [0.29, 0.717) is 11.8 Å². The number of esters is 2. The number of quaternary nitrogens is 1. The molecule has 0 fully saturated rings. The maximum absolute atomic E-state index is 14.1. The van der Waals surface area contributed by atoms with Crippen molar-refractivity contribution in [1.29, 1.82) is 0 Å². The maximum Gasteiger partial charge on any atom is 0.384 e. The van der Waals surface area contributed by atoms with Gasteiger partial charge in [0.1, 0.15) is 0 Å². The molecule has 0 aromatic carbocycles. The van der Waals surface area contributed by atoms with Crippen molar-refractivity contribution in [3.8, 4) is 0 Å². The van der Waals surface area contributed by atoms with Crippen LogP contribution in [0.15, 0.2) is 0 Å². The third-order valence-corrected chi connectivity index (χ3v) is 8.30. The summed E-state index contributed by atoms with van der Waals surface area (Å²) in [5, 5.41) is 0. The number of ether oxygens (including phenoxy) is 2. The fourth-order valence-electron chi connectivity index (χ4n) is 3.59. The molecule has 0 aromatic heterocycles. The molecule has 0 N–H and O–H groups in total. The molecule has 0 aromatic rings. The second kappa shape index (κ2) is 17.4. The van der Waals surface area contributed by atoms with Crippen molar-refractivity contribution < 1.29 is 129 Å². The standard InChI is InChI=1S/C26H28F24NO4S/c1-51(2,3)6-9-56-11-12(14(53)55-8-5-18(33,34)22(41,42)26(49,50)24(45,46)20(37,38)16(29)30)10-13(52)54-7-4-17(31,32)21(39,40)25(47,48)23(43,44)19(35,36)15(27)28/h12,15-16H,4-11H2,1-3H3/q+1. The van der Waals surface area contributed by atoms with Crippen molar-refractivity contribution >= 4 is 23.7 Å². The van der Waals surface area contributed by atoms with Crippen LogP contribution in [0.4, 0.5) is 105 Å². The Morgan fingerprint density at radius 3 is 1.20 bits per heavy atom.